The number of aryl methyl sites for hydroxylation is 2. The quantitative estimate of drug-likeness (QED) is 0.623. The summed E-state index contributed by atoms with van der Waals surface area (Å²) in [5.74, 6) is 0.263. The van der Waals surface area contributed by atoms with Gasteiger partial charge in [0.05, 0.1) is 5.56 Å². The molecule has 0 saturated carbocycles. The van der Waals surface area contributed by atoms with E-state index in [0.717, 1.165) is 22.1 Å². The molecule has 1 nitrogen and oxygen atoms in total. The summed E-state index contributed by atoms with van der Waals surface area (Å²) in [6, 6.07) is 9.92. The number of benzene rings is 2. The minimum Gasteiger partial charge on any atom is -0.399 e. The van der Waals surface area contributed by atoms with Crippen molar-refractivity contribution < 1.29 is 13.2 Å². The SMILES string of the molecule is Cc1ccc(C)c(SCc2ccc(N)cc2C(F)(F)F)c1. The average Bonchev–Trinajstić information content (AvgIpc) is 2.40. The second-order valence-corrected chi connectivity index (χ2v) is 5.99. The number of rotatable bonds is 3. The zero-order chi connectivity index (χ0) is 15.6. The Morgan fingerprint density at radius 2 is 1.76 bits per heavy atom. The minimum absolute atomic E-state index is 0.128. The van der Waals surface area contributed by atoms with Crippen molar-refractivity contribution in [1.82, 2.24) is 0 Å². The molecule has 0 aromatic heterocycles. The van der Waals surface area contributed by atoms with Crippen LogP contribution in [0.2, 0.25) is 0 Å². The van der Waals surface area contributed by atoms with E-state index in [1.54, 1.807) is 0 Å². The number of hydrogen-bond acceptors (Lipinski definition) is 2. The van der Waals surface area contributed by atoms with Crippen LogP contribution >= 0.6 is 11.8 Å². The van der Waals surface area contributed by atoms with Gasteiger partial charge < -0.3 is 5.73 Å². The topological polar surface area (TPSA) is 26.0 Å². The van der Waals surface area contributed by atoms with Crippen molar-refractivity contribution in [1.29, 1.82) is 0 Å². The third-order valence-electron chi connectivity index (χ3n) is 3.17. The summed E-state index contributed by atoms with van der Waals surface area (Å²) in [7, 11) is 0. The van der Waals surface area contributed by atoms with Crippen LogP contribution in [0.1, 0.15) is 22.3 Å². The van der Waals surface area contributed by atoms with Gasteiger partial charge in [-0.05, 0) is 43.2 Å². The fourth-order valence-electron chi connectivity index (χ4n) is 2.00. The van der Waals surface area contributed by atoms with E-state index >= 15 is 0 Å². The number of nitrogens with two attached hydrogens (primary N) is 1. The Morgan fingerprint density at radius 3 is 2.43 bits per heavy atom. The lowest BCUT2D eigenvalue weighted by Crippen LogP contribution is -2.09. The lowest BCUT2D eigenvalue weighted by atomic mass is 10.1. The first-order valence-corrected chi connectivity index (χ1v) is 7.41. The van der Waals surface area contributed by atoms with Crippen LogP contribution in [-0.4, -0.2) is 0 Å². The normalized spacial score (nSPS) is 11.7. The summed E-state index contributed by atoms with van der Waals surface area (Å²) >= 11 is 1.41. The Labute approximate surface area is 126 Å². The van der Waals surface area contributed by atoms with Gasteiger partial charge in [-0.3, -0.25) is 0 Å². The molecule has 2 N–H and O–H groups in total. The number of alkyl halides is 3. The number of hydrogen-bond donors (Lipinski definition) is 1. The molecule has 0 saturated heterocycles. The van der Waals surface area contributed by atoms with Crippen LogP contribution in [0, 0.1) is 13.8 Å². The van der Waals surface area contributed by atoms with Crippen molar-refractivity contribution in [2.45, 2.75) is 30.7 Å². The van der Waals surface area contributed by atoms with Gasteiger partial charge in [-0.25, -0.2) is 0 Å². The predicted molar refractivity (Wildman–Crippen MR) is 81.3 cm³/mol. The lowest BCUT2D eigenvalue weighted by molar-refractivity contribution is -0.138. The summed E-state index contributed by atoms with van der Waals surface area (Å²) in [5, 5.41) is 0. The van der Waals surface area contributed by atoms with Crippen molar-refractivity contribution in [2.24, 2.45) is 0 Å². The van der Waals surface area contributed by atoms with Crippen molar-refractivity contribution >= 4 is 17.4 Å². The third-order valence-corrected chi connectivity index (χ3v) is 4.37. The molecule has 0 spiro atoms. The molecule has 21 heavy (non-hydrogen) atoms. The van der Waals surface area contributed by atoms with Crippen LogP contribution in [0.3, 0.4) is 0 Å². The maximum absolute atomic E-state index is 13.0. The molecule has 0 aliphatic carbocycles. The van der Waals surface area contributed by atoms with E-state index < -0.39 is 11.7 Å². The summed E-state index contributed by atoms with van der Waals surface area (Å²) in [6.07, 6.45) is -4.38. The molecule has 0 fully saturated rings. The molecule has 0 unspecified atom stereocenters. The summed E-state index contributed by atoms with van der Waals surface area (Å²) in [5.41, 5.74) is 7.35. The van der Waals surface area contributed by atoms with Crippen LogP contribution in [0.4, 0.5) is 18.9 Å². The Bertz CT molecular complexity index is 650. The van der Waals surface area contributed by atoms with E-state index in [-0.39, 0.29) is 17.0 Å². The lowest BCUT2D eigenvalue weighted by Gasteiger charge is -2.14. The number of thioether (sulfide) groups is 1. The summed E-state index contributed by atoms with van der Waals surface area (Å²) < 4.78 is 39.1. The van der Waals surface area contributed by atoms with E-state index in [9.17, 15) is 13.2 Å². The standard InChI is InChI=1S/C16H16F3NS/c1-10-3-4-11(2)15(7-10)21-9-12-5-6-13(20)8-14(12)16(17,18)19/h3-8H,9,20H2,1-2H3. The molecule has 5 heteroatoms. The fraction of sp³-hybridized carbons (Fsp3) is 0.250. The highest BCUT2D eigenvalue weighted by molar-refractivity contribution is 7.98. The highest BCUT2D eigenvalue weighted by atomic mass is 32.2. The highest BCUT2D eigenvalue weighted by Gasteiger charge is 2.33. The molecule has 112 valence electrons. The van der Waals surface area contributed by atoms with Crippen LogP contribution in [0.15, 0.2) is 41.3 Å². The van der Waals surface area contributed by atoms with E-state index in [1.807, 2.05) is 32.0 Å². The molecule has 0 atom stereocenters. The Hall–Kier alpha value is -1.62. The van der Waals surface area contributed by atoms with Gasteiger partial charge in [0.15, 0.2) is 0 Å². The predicted octanol–water partition coefficient (Wildman–Crippen LogP) is 5.20. The highest BCUT2D eigenvalue weighted by Crippen LogP contribution is 2.36. The minimum atomic E-state index is -4.38. The molecular weight excluding hydrogens is 295 g/mol. The number of halogens is 3. The van der Waals surface area contributed by atoms with Gasteiger partial charge >= 0.3 is 6.18 Å². The van der Waals surface area contributed by atoms with Crippen LogP contribution in [0.5, 0.6) is 0 Å². The van der Waals surface area contributed by atoms with Gasteiger partial charge in [0.1, 0.15) is 0 Å². The number of nitrogen functional groups attached to an aromatic ring is 1. The first-order chi connectivity index (χ1) is 9.77. The zero-order valence-corrected chi connectivity index (χ0v) is 12.6. The van der Waals surface area contributed by atoms with Gasteiger partial charge in [0.2, 0.25) is 0 Å². The zero-order valence-electron chi connectivity index (χ0n) is 11.8. The van der Waals surface area contributed by atoms with Gasteiger partial charge in [-0.1, -0.05) is 23.8 Å². The van der Waals surface area contributed by atoms with E-state index in [0.29, 0.717) is 0 Å². The molecule has 0 aliphatic heterocycles. The second kappa shape index (κ2) is 6.02. The Morgan fingerprint density at radius 1 is 1.05 bits per heavy atom. The van der Waals surface area contributed by atoms with Gasteiger partial charge in [0, 0.05) is 16.3 Å². The maximum Gasteiger partial charge on any atom is 0.416 e. The summed E-state index contributed by atoms with van der Waals surface area (Å²) in [4.78, 5) is 1.000. The molecule has 0 heterocycles. The van der Waals surface area contributed by atoms with Gasteiger partial charge in [0.25, 0.3) is 0 Å². The molecule has 2 aromatic rings. The smallest absolute Gasteiger partial charge is 0.399 e. The first-order valence-electron chi connectivity index (χ1n) is 6.43. The molecule has 2 aromatic carbocycles. The largest absolute Gasteiger partial charge is 0.416 e. The van der Waals surface area contributed by atoms with E-state index in [2.05, 4.69) is 0 Å². The number of anilines is 1. The van der Waals surface area contributed by atoms with Crippen molar-refractivity contribution in [3.8, 4) is 0 Å². The van der Waals surface area contributed by atoms with Crippen LogP contribution in [-0.2, 0) is 11.9 Å². The van der Waals surface area contributed by atoms with Crippen molar-refractivity contribution in [2.75, 3.05) is 5.73 Å². The molecular formula is C16H16F3NS. The Kier molecular flexibility index (Phi) is 4.52. The first kappa shape index (κ1) is 15.8. The van der Waals surface area contributed by atoms with Crippen molar-refractivity contribution in [3.05, 3.63) is 58.7 Å². The molecule has 2 rings (SSSR count). The Balaban J connectivity index is 2.26. The third kappa shape index (κ3) is 3.94. The van der Waals surface area contributed by atoms with Gasteiger partial charge in [-0.15, -0.1) is 11.8 Å². The molecule has 0 aliphatic rings. The van der Waals surface area contributed by atoms with Crippen LogP contribution < -0.4 is 5.73 Å². The van der Waals surface area contributed by atoms with Crippen LogP contribution in [0.25, 0.3) is 0 Å². The molecule has 0 amide bonds. The maximum atomic E-state index is 13.0. The van der Waals surface area contributed by atoms with E-state index in [1.165, 1.54) is 23.9 Å². The average molecular weight is 311 g/mol. The van der Waals surface area contributed by atoms with Crippen molar-refractivity contribution in [3.63, 3.8) is 0 Å². The molecule has 0 radical (unpaired) electrons. The summed E-state index contributed by atoms with van der Waals surface area (Å²) in [6.45, 7) is 3.92. The van der Waals surface area contributed by atoms with Gasteiger partial charge in [-0.2, -0.15) is 13.2 Å². The van der Waals surface area contributed by atoms with E-state index in [4.69, 9.17) is 5.73 Å². The monoisotopic (exact) mass is 311 g/mol. The molecule has 0 bridgehead atoms. The fourth-order valence-corrected chi connectivity index (χ4v) is 3.13. The second-order valence-electron chi connectivity index (χ2n) is 4.97.